The average Bonchev–Trinajstić information content (AvgIpc) is 2.25. The van der Waals surface area contributed by atoms with Gasteiger partial charge in [0.25, 0.3) is 0 Å². The van der Waals surface area contributed by atoms with Crippen molar-refractivity contribution in [3.8, 4) is 0 Å². The number of hydrogen-bond acceptors (Lipinski definition) is 3. The summed E-state index contributed by atoms with van der Waals surface area (Å²) >= 11 is 0. The Labute approximate surface area is 115 Å². The molecule has 0 bridgehead atoms. The highest BCUT2D eigenvalue weighted by molar-refractivity contribution is 5.81. The monoisotopic (exact) mass is 272 g/mol. The largest absolute Gasteiger partial charge is 0.481 e. The van der Waals surface area contributed by atoms with Crippen LogP contribution < -0.4 is 11.1 Å². The van der Waals surface area contributed by atoms with E-state index in [1.165, 1.54) is 0 Å². The number of rotatable bonds is 9. The number of carboxylic acid groups (broad SMARTS) is 1. The van der Waals surface area contributed by atoms with E-state index in [2.05, 4.69) is 5.32 Å². The van der Waals surface area contributed by atoms with Crippen LogP contribution in [0.2, 0.25) is 0 Å². The van der Waals surface area contributed by atoms with Crippen LogP contribution in [-0.4, -0.2) is 29.6 Å². The van der Waals surface area contributed by atoms with Crippen molar-refractivity contribution in [1.29, 1.82) is 0 Å². The third-order valence-corrected chi connectivity index (χ3v) is 3.18. The molecule has 0 saturated carbocycles. The molecule has 112 valence electrons. The smallest absolute Gasteiger partial charge is 0.303 e. The minimum absolute atomic E-state index is 0.0895. The first kappa shape index (κ1) is 17.9. The first-order valence-corrected chi connectivity index (χ1v) is 6.89. The highest BCUT2D eigenvalue weighted by Gasteiger charge is 2.20. The van der Waals surface area contributed by atoms with Crippen molar-refractivity contribution in [3.05, 3.63) is 0 Å². The maximum Gasteiger partial charge on any atom is 0.303 e. The minimum atomic E-state index is -0.781. The maximum atomic E-state index is 11.7. The SMILES string of the molecule is CC(C)CC(N)C(=O)NCCC(C)(C)CCC(=O)O. The van der Waals surface area contributed by atoms with Crippen LogP contribution in [0.4, 0.5) is 0 Å². The van der Waals surface area contributed by atoms with Crippen LogP contribution in [0, 0.1) is 11.3 Å². The van der Waals surface area contributed by atoms with Crippen molar-refractivity contribution in [2.24, 2.45) is 17.1 Å². The van der Waals surface area contributed by atoms with Crippen LogP contribution in [0.3, 0.4) is 0 Å². The zero-order valence-electron chi connectivity index (χ0n) is 12.5. The topological polar surface area (TPSA) is 92.4 Å². The van der Waals surface area contributed by atoms with E-state index >= 15 is 0 Å². The Hall–Kier alpha value is -1.10. The van der Waals surface area contributed by atoms with Crippen LogP contribution >= 0.6 is 0 Å². The van der Waals surface area contributed by atoms with Crippen molar-refractivity contribution in [1.82, 2.24) is 5.32 Å². The molecule has 0 aliphatic rings. The van der Waals surface area contributed by atoms with E-state index < -0.39 is 12.0 Å². The Bertz CT molecular complexity index is 301. The van der Waals surface area contributed by atoms with E-state index in [0.717, 1.165) is 6.42 Å². The summed E-state index contributed by atoms with van der Waals surface area (Å²) in [6, 6.07) is -0.456. The van der Waals surface area contributed by atoms with Gasteiger partial charge in [0, 0.05) is 13.0 Å². The summed E-state index contributed by atoms with van der Waals surface area (Å²) in [6.45, 7) is 8.62. The molecular weight excluding hydrogens is 244 g/mol. The van der Waals surface area contributed by atoms with Gasteiger partial charge in [0.2, 0.25) is 5.91 Å². The number of nitrogens with two attached hydrogens (primary N) is 1. The fraction of sp³-hybridized carbons (Fsp3) is 0.857. The molecule has 0 radical (unpaired) electrons. The van der Waals surface area contributed by atoms with Crippen LogP contribution in [0.25, 0.3) is 0 Å². The Kier molecular flexibility index (Phi) is 7.68. The molecule has 0 saturated heterocycles. The molecule has 0 spiro atoms. The molecule has 0 aliphatic carbocycles. The van der Waals surface area contributed by atoms with Crippen molar-refractivity contribution < 1.29 is 14.7 Å². The fourth-order valence-corrected chi connectivity index (χ4v) is 1.84. The molecule has 4 N–H and O–H groups in total. The highest BCUT2D eigenvalue weighted by Crippen LogP contribution is 2.25. The second-order valence-corrected chi connectivity index (χ2v) is 6.34. The van der Waals surface area contributed by atoms with Crippen molar-refractivity contribution in [3.63, 3.8) is 0 Å². The van der Waals surface area contributed by atoms with E-state index in [1.807, 2.05) is 27.7 Å². The van der Waals surface area contributed by atoms with Gasteiger partial charge in [-0.2, -0.15) is 0 Å². The molecule has 0 aromatic carbocycles. The summed E-state index contributed by atoms with van der Waals surface area (Å²) in [5.74, 6) is -0.508. The van der Waals surface area contributed by atoms with E-state index in [4.69, 9.17) is 10.8 Å². The molecule has 1 atom stereocenters. The van der Waals surface area contributed by atoms with Gasteiger partial charge in [-0.15, -0.1) is 0 Å². The van der Waals surface area contributed by atoms with Crippen LogP contribution in [0.5, 0.6) is 0 Å². The minimum Gasteiger partial charge on any atom is -0.481 e. The molecule has 19 heavy (non-hydrogen) atoms. The predicted molar refractivity (Wildman–Crippen MR) is 75.7 cm³/mol. The summed E-state index contributed by atoms with van der Waals surface area (Å²) < 4.78 is 0. The molecular formula is C14H28N2O3. The van der Waals surface area contributed by atoms with E-state index in [-0.39, 0.29) is 17.7 Å². The van der Waals surface area contributed by atoms with Crippen LogP contribution in [-0.2, 0) is 9.59 Å². The summed E-state index contributed by atoms with van der Waals surface area (Å²) in [6.07, 6.45) is 2.19. The Balaban J connectivity index is 3.94. The lowest BCUT2D eigenvalue weighted by Gasteiger charge is -2.24. The van der Waals surface area contributed by atoms with Gasteiger partial charge in [-0.1, -0.05) is 27.7 Å². The van der Waals surface area contributed by atoms with E-state index in [9.17, 15) is 9.59 Å². The standard InChI is InChI=1S/C14H28N2O3/c1-10(2)9-11(15)13(19)16-8-7-14(3,4)6-5-12(17)18/h10-11H,5-9,15H2,1-4H3,(H,16,19)(H,17,18). The highest BCUT2D eigenvalue weighted by atomic mass is 16.4. The quantitative estimate of drug-likeness (QED) is 0.596. The fourth-order valence-electron chi connectivity index (χ4n) is 1.84. The lowest BCUT2D eigenvalue weighted by Crippen LogP contribution is -2.42. The normalized spacial score (nSPS) is 13.4. The first-order chi connectivity index (χ1) is 8.64. The van der Waals surface area contributed by atoms with Gasteiger partial charge in [0.1, 0.15) is 0 Å². The lowest BCUT2D eigenvalue weighted by molar-refractivity contribution is -0.137. The third kappa shape index (κ3) is 9.47. The van der Waals surface area contributed by atoms with Crippen molar-refractivity contribution in [2.45, 2.75) is 59.4 Å². The number of amides is 1. The number of carbonyl (C=O) groups excluding carboxylic acids is 1. The predicted octanol–water partition coefficient (Wildman–Crippen LogP) is 1.76. The van der Waals surface area contributed by atoms with Gasteiger partial charge in [-0.3, -0.25) is 9.59 Å². The van der Waals surface area contributed by atoms with Crippen molar-refractivity contribution >= 4 is 11.9 Å². The first-order valence-electron chi connectivity index (χ1n) is 6.89. The number of nitrogens with one attached hydrogen (secondary N) is 1. The zero-order chi connectivity index (χ0) is 15.1. The molecule has 5 nitrogen and oxygen atoms in total. The molecule has 0 aliphatic heterocycles. The van der Waals surface area contributed by atoms with Gasteiger partial charge >= 0.3 is 5.97 Å². The van der Waals surface area contributed by atoms with Gasteiger partial charge < -0.3 is 16.2 Å². The van der Waals surface area contributed by atoms with E-state index in [0.29, 0.717) is 25.3 Å². The summed E-state index contributed by atoms with van der Waals surface area (Å²) in [5, 5.41) is 11.5. The summed E-state index contributed by atoms with van der Waals surface area (Å²) in [5.41, 5.74) is 5.69. The number of aliphatic carboxylic acids is 1. The molecule has 0 heterocycles. The molecule has 1 amide bonds. The zero-order valence-corrected chi connectivity index (χ0v) is 12.5. The number of hydrogen-bond donors (Lipinski definition) is 3. The molecule has 0 aromatic heterocycles. The van der Waals surface area contributed by atoms with Gasteiger partial charge in [-0.05, 0) is 30.6 Å². The molecule has 0 fully saturated rings. The van der Waals surface area contributed by atoms with Gasteiger partial charge in [0.05, 0.1) is 6.04 Å². The van der Waals surface area contributed by atoms with Gasteiger partial charge in [0.15, 0.2) is 0 Å². The Morgan fingerprint density at radius 2 is 1.84 bits per heavy atom. The Morgan fingerprint density at radius 3 is 2.32 bits per heavy atom. The Morgan fingerprint density at radius 1 is 1.26 bits per heavy atom. The second-order valence-electron chi connectivity index (χ2n) is 6.34. The molecule has 1 unspecified atom stereocenters. The van der Waals surface area contributed by atoms with Crippen LogP contribution in [0.1, 0.15) is 53.4 Å². The second kappa shape index (κ2) is 8.15. The average molecular weight is 272 g/mol. The number of carboxylic acids is 1. The van der Waals surface area contributed by atoms with Crippen molar-refractivity contribution in [2.75, 3.05) is 6.54 Å². The molecule has 0 aromatic rings. The number of carbonyl (C=O) groups is 2. The third-order valence-electron chi connectivity index (χ3n) is 3.18. The van der Waals surface area contributed by atoms with Gasteiger partial charge in [-0.25, -0.2) is 0 Å². The lowest BCUT2D eigenvalue weighted by atomic mass is 9.84. The summed E-state index contributed by atoms with van der Waals surface area (Å²) in [4.78, 5) is 22.2. The van der Waals surface area contributed by atoms with Crippen LogP contribution in [0.15, 0.2) is 0 Å². The van der Waals surface area contributed by atoms with E-state index in [1.54, 1.807) is 0 Å². The molecule has 0 rings (SSSR count). The summed E-state index contributed by atoms with van der Waals surface area (Å²) in [7, 11) is 0. The maximum absolute atomic E-state index is 11.7. The molecule has 5 heteroatoms.